The molecule has 210 valence electrons. The van der Waals surface area contributed by atoms with Gasteiger partial charge in [0, 0.05) is 50.1 Å². The van der Waals surface area contributed by atoms with Crippen molar-refractivity contribution >= 4 is 29.6 Å². The van der Waals surface area contributed by atoms with Crippen molar-refractivity contribution in [2.24, 2.45) is 0 Å². The lowest BCUT2D eigenvalue weighted by Gasteiger charge is -2.16. The average molecular weight is 529 g/mol. The first-order valence-corrected chi connectivity index (χ1v) is 15.4. The molecule has 0 aromatic carbocycles. The maximum Gasteiger partial charge on any atom is 0.315 e. The Morgan fingerprint density at radius 3 is 2.11 bits per heavy atom. The summed E-state index contributed by atoms with van der Waals surface area (Å²) < 4.78 is 5.70. The molecule has 9 heteroatoms. The number of thioether (sulfide) groups is 1. The van der Waals surface area contributed by atoms with Gasteiger partial charge >= 0.3 is 6.03 Å². The van der Waals surface area contributed by atoms with Crippen LogP contribution in [0.15, 0.2) is 0 Å². The maximum atomic E-state index is 12.0. The zero-order valence-electron chi connectivity index (χ0n) is 23.0. The molecule has 2 aliphatic rings. The summed E-state index contributed by atoms with van der Waals surface area (Å²) in [7, 11) is 0. The van der Waals surface area contributed by atoms with E-state index in [0.717, 1.165) is 103 Å². The highest BCUT2D eigenvalue weighted by Crippen LogP contribution is 2.33. The molecular formula is C27H52N4O4S. The summed E-state index contributed by atoms with van der Waals surface area (Å²) in [5.41, 5.74) is 0. The van der Waals surface area contributed by atoms with Gasteiger partial charge in [-0.25, -0.2) is 4.79 Å². The Hall–Kier alpha value is -1.48. The van der Waals surface area contributed by atoms with Crippen LogP contribution in [0.5, 0.6) is 0 Å². The number of hydrogen-bond acceptors (Lipinski definition) is 5. The summed E-state index contributed by atoms with van der Waals surface area (Å²) in [6.45, 7) is 9.06. The molecule has 2 aliphatic heterocycles. The van der Waals surface area contributed by atoms with Gasteiger partial charge in [0.1, 0.15) is 0 Å². The van der Waals surface area contributed by atoms with Crippen LogP contribution in [0.2, 0.25) is 0 Å². The molecule has 2 rings (SSSR count). The van der Waals surface area contributed by atoms with Gasteiger partial charge in [0.15, 0.2) is 0 Å². The number of unbranched alkanes of at least 4 members (excludes halogenated alkanes) is 7. The largest absolute Gasteiger partial charge is 0.381 e. The molecule has 36 heavy (non-hydrogen) atoms. The quantitative estimate of drug-likeness (QED) is 0.137. The summed E-state index contributed by atoms with van der Waals surface area (Å²) in [5, 5.41) is 12.4. The molecule has 8 nitrogen and oxygen atoms in total. The number of carbonyl (C=O) groups is 3. The Labute approximate surface area is 223 Å². The highest BCUT2D eigenvalue weighted by Gasteiger charge is 2.42. The summed E-state index contributed by atoms with van der Waals surface area (Å²) in [4.78, 5) is 34.5. The fraction of sp³-hybridized carbons (Fsp3) is 0.889. The normalized spacial score (nSPS) is 20.1. The minimum Gasteiger partial charge on any atom is -0.381 e. The SMILES string of the molecule is CC.CCC(=O)NCCCCCCOCCCCCCNC(=O)CCCCC1SCC2NC(=O)NC21. The van der Waals surface area contributed by atoms with E-state index in [4.69, 9.17) is 4.74 Å². The van der Waals surface area contributed by atoms with Crippen molar-refractivity contribution in [1.82, 2.24) is 21.3 Å². The molecule has 0 saturated carbocycles. The summed E-state index contributed by atoms with van der Waals surface area (Å²) in [6.07, 6.45) is 12.9. The minimum absolute atomic E-state index is 0.0367. The van der Waals surface area contributed by atoms with Gasteiger partial charge in [-0.05, 0) is 38.5 Å². The van der Waals surface area contributed by atoms with Gasteiger partial charge in [0.25, 0.3) is 0 Å². The Balaban J connectivity index is 0.00000316. The van der Waals surface area contributed by atoms with Gasteiger partial charge in [-0.3, -0.25) is 9.59 Å². The molecule has 3 unspecified atom stereocenters. The van der Waals surface area contributed by atoms with E-state index in [9.17, 15) is 14.4 Å². The standard InChI is InChI=1S/C25H46N4O4S.C2H6/c1-2-22(30)26-15-9-3-5-11-17-33-18-12-6-4-10-16-27-23(31)14-8-7-13-21-24-20(19-34-21)28-25(32)29-24;1-2/h20-21,24H,2-19H2,1H3,(H,26,30)(H,27,31)(H2,28,29,32);1-2H3. The first-order valence-electron chi connectivity index (χ1n) is 14.4. The fourth-order valence-electron chi connectivity index (χ4n) is 4.41. The van der Waals surface area contributed by atoms with Gasteiger partial charge in [-0.1, -0.05) is 52.9 Å². The fourth-order valence-corrected chi connectivity index (χ4v) is 5.95. The smallest absolute Gasteiger partial charge is 0.315 e. The predicted molar refractivity (Wildman–Crippen MR) is 149 cm³/mol. The van der Waals surface area contributed by atoms with Crippen molar-refractivity contribution in [3.8, 4) is 0 Å². The van der Waals surface area contributed by atoms with E-state index in [1.165, 1.54) is 0 Å². The molecule has 0 spiro atoms. The molecule has 2 heterocycles. The number of ether oxygens (including phenoxy) is 1. The molecule has 0 aromatic rings. The van der Waals surface area contributed by atoms with Crippen LogP contribution in [0.1, 0.15) is 104 Å². The highest BCUT2D eigenvalue weighted by molar-refractivity contribution is 8.00. The Morgan fingerprint density at radius 2 is 1.47 bits per heavy atom. The van der Waals surface area contributed by atoms with Gasteiger partial charge < -0.3 is 26.0 Å². The summed E-state index contributed by atoms with van der Waals surface area (Å²) in [6, 6.07) is 0.499. The predicted octanol–water partition coefficient (Wildman–Crippen LogP) is 4.52. The zero-order valence-corrected chi connectivity index (χ0v) is 23.8. The second kappa shape index (κ2) is 21.6. The maximum absolute atomic E-state index is 12.0. The lowest BCUT2D eigenvalue weighted by atomic mass is 10.0. The van der Waals surface area contributed by atoms with Gasteiger partial charge in [0.05, 0.1) is 12.1 Å². The van der Waals surface area contributed by atoms with E-state index < -0.39 is 0 Å². The van der Waals surface area contributed by atoms with Crippen LogP contribution in [0.25, 0.3) is 0 Å². The van der Waals surface area contributed by atoms with Gasteiger partial charge in [-0.15, -0.1) is 0 Å². The monoisotopic (exact) mass is 528 g/mol. The van der Waals surface area contributed by atoms with Crippen LogP contribution < -0.4 is 21.3 Å². The van der Waals surface area contributed by atoms with Crippen LogP contribution >= 0.6 is 11.8 Å². The molecule has 0 radical (unpaired) electrons. The molecule has 2 fully saturated rings. The zero-order chi connectivity index (χ0) is 26.4. The third-order valence-electron chi connectivity index (χ3n) is 6.48. The molecule has 2 saturated heterocycles. The molecule has 0 aromatic heterocycles. The Bertz CT molecular complexity index is 608. The second-order valence-electron chi connectivity index (χ2n) is 9.36. The highest BCUT2D eigenvalue weighted by atomic mass is 32.2. The molecular weight excluding hydrogens is 476 g/mol. The van der Waals surface area contributed by atoms with Crippen LogP contribution in [-0.2, 0) is 14.3 Å². The topological polar surface area (TPSA) is 109 Å². The summed E-state index contributed by atoms with van der Waals surface area (Å²) >= 11 is 1.93. The van der Waals surface area contributed by atoms with Crippen LogP contribution in [0, 0.1) is 0 Å². The van der Waals surface area contributed by atoms with E-state index in [1.54, 1.807) is 0 Å². The Morgan fingerprint density at radius 1 is 0.861 bits per heavy atom. The number of rotatable bonds is 20. The van der Waals surface area contributed by atoms with E-state index in [2.05, 4.69) is 21.3 Å². The lowest BCUT2D eigenvalue weighted by molar-refractivity contribution is -0.121. The molecule has 4 amide bonds. The first-order chi connectivity index (χ1) is 17.6. The molecule has 0 bridgehead atoms. The third-order valence-corrected chi connectivity index (χ3v) is 7.99. The third kappa shape index (κ3) is 14.9. The van der Waals surface area contributed by atoms with Gasteiger partial charge in [-0.2, -0.15) is 11.8 Å². The van der Waals surface area contributed by atoms with Crippen LogP contribution in [-0.4, -0.2) is 67.2 Å². The number of urea groups is 1. The van der Waals surface area contributed by atoms with Crippen molar-refractivity contribution in [1.29, 1.82) is 0 Å². The van der Waals surface area contributed by atoms with Crippen molar-refractivity contribution in [3.63, 3.8) is 0 Å². The molecule has 3 atom stereocenters. The van der Waals surface area contributed by atoms with Crippen molar-refractivity contribution in [2.75, 3.05) is 32.1 Å². The number of carbonyl (C=O) groups excluding carboxylic acids is 3. The van der Waals surface area contributed by atoms with Crippen molar-refractivity contribution in [3.05, 3.63) is 0 Å². The minimum atomic E-state index is -0.0367. The van der Waals surface area contributed by atoms with E-state index in [1.807, 2.05) is 32.5 Å². The number of hydrogen-bond donors (Lipinski definition) is 4. The van der Waals surface area contributed by atoms with Crippen molar-refractivity contribution < 1.29 is 19.1 Å². The number of amides is 4. The van der Waals surface area contributed by atoms with Crippen LogP contribution in [0.4, 0.5) is 4.79 Å². The van der Waals surface area contributed by atoms with Crippen LogP contribution in [0.3, 0.4) is 0 Å². The Kier molecular flexibility index (Phi) is 19.5. The second-order valence-corrected chi connectivity index (χ2v) is 10.6. The molecule has 0 aliphatic carbocycles. The molecule has 4 N–H and O–H groups in total. The number of nitrogens with one attached hydrogen (secondary N) is 4. The van der Waals surface area contributed by atoms with E-state index in [0.29, 0.717) is 18.1 Å². The first kappa shape index (κ1) is 32.5. The lowest BCUT2D eigenvalue weighted by Crippen LogP contribution is -2.36. The van der Waals surface area contributed by atoms with Crippen molar-refractivity contribution in [2.45, 2.75) is 122 Å². The van der Waals surface area contributed by atoms with Gasteiger partial charge in [0.2, 0.25) is 11.8 Å². The average Bonchev–Trinajstić information content (AvgIpc) is 3.44. The van der Waals surface area contributed by atoms with E-state index >= 15 is 0 Å². The van der Waals surface area contributed by atoms with E-state index in [-0.39, 0.29) is 29.9 Å². The summed E-state index contributed by atoms with van der Waals surface area (Å²) in [5.74, 6) is 1.28. The number of fused-ring (bicyclic) bond motifs is 1.